The highest BCUT2D eigenvalue weighted by molar-refractivity contribution is 7.81. The Morgan fingerprint density at radius 3 is 2.48 bits per heavy atom. The standard InChI is InChI=1S/C33H36FNO6S/c1-19-14-24(40-22-10-12-35(13-11-22)42(3)38)15-20(2)32(19)26-6-8-28(34)33-27(26)7-9-29(33)41-23-4-5-25-21(16-31(36)37)18-39-30(25)17-23/h4-6,8,14-15,17,21-22,29H,7,9-13,16,18H2,1-3H3,(H,36,37)/t21-,29-,42?/m1/s1. The summed E-state index contributed by atoms with van der Waals surface area (Å²) >= 11 is 0. The third kappa shape index (κ3) is 5.64. The molecule has 1 fully saturated rings. The molecule has 0 saturated carbocycles. The number of nitrogens with zero attached hydrogens (tertiary/aromatic N) is 1. The summed E-state index contributed by atoms with van der Waals surface area (Å²) < 4.78 is 47.5. The molecular formula is C33H36FNO6S. The molecule has 1 N–H and O–H groups in total. The lowest BCUT2D eigenvalue weighted by Crippen LogP contribution is -2.38. The fourth-order valence-electron chi connectivity index (χ4n) is 6.72. The van der Waals surface area contributed by atoms with Crippen molar-refractivity contribution in [3.8, 4) is 28.4 Å². The van der Waals surface area contributed by atoms with Crippen LogP contribution in [0, 0.1) is 19.7 Å². The van der Waals surface area contributed by atoms with Gasteiger partial charge in [-0.1, -0.05) is 12.1 Å². The van der Waals surface area contributed by atoms with Crippen molar-refractivity contribution in [2.24, 2.45) is 0 Å². The molecule has 42 heavy (non-hydrogen) atoms. The molecule has 6 rings (SSSR count). The maximum Gasteiger partial charge on any atom is 0.304 e. The van der Waals surface area contributed by atoms with E-state index in [0.29, 0.717) is 36.5 Å². The molecular weight excluding hydrogens is 557 g/mol. The van der Waals surface area contributed by atoms with Gasteiger partial charge in [-0.3, -0.25) is 4.79 Å². The van der Waals surface area contributed by atoms with Crippen LogP contribution in [0.15, 0.2) is 42.5 Å². The predicted octanol–water partition coefficient (Wildman–Crippen LogP) is 6.26. The molecule has 9 heteroatoms. The van der Waals surface area contributed by atoms with Gasteiger partial charge in [0.1, 0.15) is 35.3 Å². The molecule has 1 saturated heterocycles. The molecule has 2 heterocycles. The Balaban J connectivity index is 1.21. The molecule has 0 radical (unpaired) electrons. The maximum absolute atomic E-state index is 15.3. The predicted molar refractivity (Wildman–Crippen MR) is 159 cm³/mol. The molecule has 7 nitrogen and oxygen atoms in total. The van der Waals surface area contributed by atoms with Crippen molar-refractivity contribution in [1.82, 2.24) is 4.31 Å². The Hall–Kier alpha value is -3.43. The Labute approximate surface area is 248 Å². The van der Waals surface area contributed by atoms with Crippen molar-refractivity contribution in [2.75, 3.05) is 26.0 Å². The van der Waals surface area contributed by atoms with Gasteiger partial charge in [0.25, 0.3) is 0 Å². The Morgan fingerprint density at radius 2 is 1.79 bits per heavy atom. The third-order valence-corrected chi connectivity index (χ3v) is 9.78. The minimum Gasteiger partial charge on any atom is -0.492 e. The van der Waals surface area contributed by atoms with E-state index in [1.807, 2.05) is 22.5 Å². The summed E-state index contributed by atoms with van der Waals surface area (Å²) in [5, 5.41) is 9.17. The number of benzene rings is 3. The Morgan fingerprint density at radius 1 is 1.05 bits per heavy atom. The molecule has 1 aliphatic carbocycles. The molecule has 2 aliphatic heterocycles. The summed E-state index contributed by atoms with van der Waals surface area (Å²) in [5.74, 6) is 0.732. The van der Waals surface area contributed by atoms with Crippen molar-refractivity contribution in [1.29, 1.82) is 0 Å². The first-order valence-corrected chi connectivity index (χ1v) is 16.0. The monoisotopic (exact) mass is 593 g/mol. The lowest BCUT2D eigenvalue weighted by molar-refractivity contribution is -0.137. The van der Waals surface area contributed by atoms with Crippen molar-refractivity contribution in [3.63, 3.8) is 0 Å². The molecule has 3 aliphatic rings. The van der Waals surface area contributed by atoms with Crippen LogP contribution in [0.4, 0.5) is 4.39 Å². The number of fused-ring (bicyclic) bond motifs is 2. The maximum atomic E-state index is 15.3. The minimum atomic E-state index is -0.946. The summed E-state index contributed by atoms with van der Waals surface area (Å²) in [5.41, 5.74) is 6.68. The highest BCUT2D eigenvalue weighted by atomic mass is 32.2. The van der Waals surface area contributed by atoms with Crippen LogP contribution in [0.2, 0.25) is 0 Å². The molecule has 0 amide bonds. The number of carbonyl (C=O) groups is 1. The van der Waals surface area contributed by atoms with E-state index in [9.17, 15) is 14.1 Å². The molecule has 222 valence electrons. The van der Waals surface area contributed by atoms with E-state index in [0.717, 1.165) is 65.1 Å². The van der Waals surface area contributed by atoms with E-state index in [2.05, 4.69) is 26.0 Å². The summed E-state index contributed by atoms with van der Waals surface area (Å²) in [7, 11) is -0.946. The van der Waals surface area contributed by atoms with Crippen LogP contribution in [0.5, 0.6) is 17.2 Å². The number of hydrogen-bond donors (Lipinski definition) is 1. The zero-order valence-corrected chi connectivity index (χ0v) is 25.0. The lowest BCUT2D eigenvalue weighted by Gasteiger charge is -2.30. The molecule has 0 spiro atoms. The van der Waals surface area contributed by atoms with E-state index >= 15 is 4.39 Å². The average Bonchev–Trinajstić information content (AvgIpc) is 3.54. The third-order valence-electron chi connectivity index (χ3n) is 8.69. The highest BCUT2D eigenvalue weighted by Crippen LogP contribution is 2.45. The summed E-state index contributed by atoms with van der Waals surface area (Å²) in [6.45, 7) is 5.99. The molecule has 3 aromatic rings. The van der Waals surface area contributed by atoms with E-state index in [-0.39, 0.29) is 24.3 Å². The highest BCUT2D eigenvalue weighted by Gasteiger charge is 2.32. The molecule has 1 unspecified atom stereocenters. The molecule has 0 bridgehead atoms. The topological polar surface area (TPSA) is 85.3 Å². The van der Waals surface area contributed by atoms with Crippen LogP contribution in [0.1, 0.15) is 65.5 Å². The van der Waals surface area contributed by atoms with Gasteiger partial charge in [0.05, 0.1) is 24.0 Å². The number of halogens is 1. The van der Waals surface area contributed by atoms with E-state index in [4.69, 9.17) is 14.2 Å². The number of piperidine rings is 1. The van der Waals surface area contributed by atoms with Crippen LogP contribution < -0.4 is 14.2 Å². The first-order valence-electron chi connectivity index (χ1n) is 14.5. The first kappa shape index (κ1) is 28.7. The number of carboxylic acid groups (broad SMARTS) is 1. The fourth-order valence-corrected chi connectivity index (χ4v) is 7.44. The second kappa shape index (κ2) is 11.7. The molecule has 0 aromatic heterocycles. The second-order valence-corrected chi connectivity index (χ2v) is 12.9. The van der Waals surface area contributed by atoms with Gasteiger partial charge in [-0.2, -0.15) is 0 Å². The van der Waals surface area contributed by atoms with Gasteiger partial charge in [0, 0.05) is 42.5 Å². The number of rotatable bonds is 8. The van der Waals surface area contributed by atoms with Crippen molar-refractivity contribution >= 4 is 17.0 Å². The number of ether oxygens (including phenoxy) is 3. The van der Waals surface area contributed by atoms with Crippen LogP contribution in [0.3, 0.4) is 0 Å². The normalized spacial score (nSPS) is 21.0. The summed E-state index contributed by atoms with van der Waals surface area (Å²) in [6.07, 6.45) is 4.43. The lowest BCUT2D eigenvalue weighted by atomic mass is 9.90. The number of aryl methyl sites for hydroxylation is 2. The number of aliphatic carboxylic acids is 1. The quantitative estimate of drug-likeness (QED) is 0.332. The minimum absolute atomic E-state index is 0.0184. The van der Waals surface area contributed by atoms with Gasteiger partial charge in [0.2, 0.25) is 0 Å². The first-order chi connectivity index (χ1) is 20.2. The Kier molecular flexibility index (Phi) is 7.98. The SMILES string of the molecule is Cc1cc(OC2CCN(S(C)=O)CC2)cc(C)c1-c1ccc(F)c2c1CC[C@H]2Oc1ccc2c(c1)OC[C@H]2CC(=O)O. The van der Waals surface area contributed by atoms with Gasteiger partial charge in [-0.05, 0) is 91.6 Å². The number of hydrogen-bond acceptors (Lipinski definition) is 5. The average molecular weight is 594 g/mol. The Bertz CT molecular complexity index is 1530. The van der Waals surface area contributed by atoms with Crippen LogP contribution in [0.25, 0.3) is 11.1 Å². The fraction of sp³-hybridized carbons (Fsp3) is 0.424. The van der Waals surface area contributed by atoms with Gasteiger partial charge in [0.15, 0.2) is 0 Å². The smallest absolute Gasteiger partial charge is 0.304 e. The van der Waals surface area contributed by atoms with E-state index < -0.39 is 23.1 Å². The van der Waals surface area contributed by atoms with Crippen LogP contribution >= 0.6 is 0 Å². The molecule has 3 aromatic carbocycles. The number of carboxylic acids is 1. The van der Waals surface area contributed by atoms with Crippen molar-refractivity contribution < 1.29 is 32.7 Å². The van der Waals surface area contributed by atoms with Gasteiger partial charge in [-0.15, -0.1) is 0 Å². The van der Waals surface area contributed by atoms with E-state index in [1.165, 1.54) is 6.07 Å². The largest absolute Gasteiger partial charge is 0.492 e. The van der Waals surface area contributed by atoms with Crippen molar-refractivity contribution in [3.05, 3.63) is 76.1 Å². The van der Waals surface area contributed by atoms with Crippen molar-refractivity contribution in [2.45, 2.75) is 64.1 Å². The summed E-state index contributed by atoms with van der Waals surface area (Å²) in [6, 6.07) is 13.0. The van der Waals surface area contributed by atoms with Gasteiger partial charge >= 0.3 is 5.97 Å². The zero-order valence-electron chi connectivity index (χ0n) is 24.2. The van der Waals surface area contributed by atoms with Crippen LogP contribution in [-0.2, 0) is 22.2 Å². The summed E-state index contributed by atoms with van der Waals surface area (Å²) in [4.78, 5) is 11.2. The zero-order chi connectivity index (χ0) is 29.5. The van der Waals surface area contributed by atoms with Gasteiger partial charge < -0.3 is 19.3 Å². The van der Waals surface area contributed by atoms with Crippen LogP contribution in [-0.4, -0.2) is 51.6 Å². The second-order valence-electron chi connectivity index (χ2n) is 11.5. The molecule has 3 atom stereocenters. The van der Waals surface area contributed by atoms with Gasteiger partial charge in [-0.25, -0.2) is 12.9 Å². The van der Waals surface area contributed by atoms with E-state index in [1.54, 1.807) is 12.3 Å².